The Labute approximate surface area is 77.8 Å². The first-order valence-electron chi connectivity index (χ1n) is 3.83. The lowest BCUT2D eigenvalue weighted by Crippen LogP contribution is -2.30. The van der Waals surface area contributed by atoms with E-state index in [9.17, 15) is 4.79 Å². The summed E-state index contributed by atoms with van der Waals surface area (Å²) < 4.78 is 0. The lowest BCUT2D eigenvalue weighted by Gasteiger charge is -2.16. The number of primary amides is 1. The van der Waals surface area contributed by atoms with Gasteiger partial charge in [-0.2, -0.15) is 5.10 Å². The van der Waals surface area contributed by atoms with Crippen molar-refractivity contribution in [2.45, 2.75) is 20.8 Å². The summed E-state index contributed by atoms with van der Waals surface area (Å²) in [6.45, 7) is 12.6. The van der Waals surface area contributed by atoms with Gasteiger partial charge in [0.25, 0.3) is 6.54 Å². The second-order valence-corrected chi connectivity index (χ2v) is 3.60. The number of nitrogens with zero attached hydrogens (tertiary/aromatic N) is 2. The number of amides is 2. The predicted octanol–water partition coefficient (Wildman–Crippen LogP) is 0.976. The van der Waals surface area contributed by atoms with Gasteiger partial charge in [-0.1, -0.05) is 20.8 Å². The van der Waals surface area contributed by atoms with Crippen LogP contribution in [0.1, 0.15) is 20.8 Å². The van der Waals surface area contributed by atoms with Crippen molar-refractivity contribution in [3.8, 4) is 0 Å². The maximum Gasteiger partial charge on any atom is 0.332 e. The molecule has 0 aromatic rings. The summed E-state index contributed by atoms with van der Waals surface area (Å²) in [6, 6.07) is -0.716. The molecular weight excluding hydrogens is 168 g/mol. The van der Waals surface area contributed by atoms with Crippen LogP contribution in [0.25, 0.3) is 4.85 Å². The van der Waals surface area contributed by atoms with Crippen molar-refractivity contribution in [1.82, 2.24) is 5.43 Å². The summed E-state index contributed by atoms with van der Waals surface area (Å²) in [7, 11) is 0. The van der Waals surface area contributed by atoms with Gasteiger partial charge in [0.2, 0.25) is 0 Å². The molecule has 0 aromatic heterocycles. The van der Waals surface area contributed by atoms with E-state index in [0.29, 0.717) is 5.71 Å². The summed E-state index contributed by atoms with van der Waals surface area (Å²) in [5.41, 5.74) is 7.35. The van der Waals surface area contributed by atoms with E-state index in [1.165, 1.54) is 0 Å². The van der Waals surface area contributed by atoms with Crippen LogP contribution >= 0.6 is 0 Å². The number of hydrogen-bond acceptors (Lipinski definition) is 2. The highest BCUT2D eigenvalue weighted by Gasteiger charge is 2.21. The molecule has 0 fully saturated rings. The molecule has 0 aliphatic rings. The van der Waals surface area contributed by atoms with Crippen molar-refractivity contribution >= 4 is 11.7 Å². The van der Waals surface area contributed by atoms with Gasteiger partial charge in [-0.3, -0.25) is 0 Å². The second-order valence-electron chi connectivity index (χ2n) is 3.60. The molecule has 2 amide bonds. The summed E-state index contributed by atoms with van der Waals surface area (Å²) >= 11 is 0. The second kappa shape index (κ2) is 4.45. The molecule has 5 heteroatoms. The number of nitrogens with two attached hydrogens (primary N) is 1. The van der Waals surface area contributed by atoms with Gasteiger partial charge >= 0.3 is 6.03 Å². The molecule has 0 radical (unpaired) electrons. The summed E-state index contributed by atoms with van der Waals surface area (Å²) in [4.78, 5) is 13.6. The topological polar surface area (TPSA) is 71.8 Å². The molecule has 0 unspecified atom stereocenters. The average Bonchev–Trinajstić information content (AvgIpc) is 1.95. The maximum atomic E-state index is 10.4. The molecule has 0 heterocycles. The SMILES string of the molecule is [C-]#[N+]C/C(=N\NC(N)=O)C(C)(C)C. The van der Waals surface area contributed by atoms with Gasteiger partial charge in [-0.15, -0.1) is 0 Å². The zero-order valence-corrected chi connectivity index (χ0v) is 8.09. The number of urea groups is 1. The molecule has 0 bridgehead atoms. The largest absolute Gasteiger partial charge is 0.350 e. The number of carbonyl (C=O) groups excluding carboxylic acids is 1. The number of nitrogens with one attached hydrogen (secondary N) is 1. The monoisotopic (exact) mass is 182 g/mol. The standard InChI is InChI=1S/C8H14N4O/c1-8(2,3)6(5-10-4)11-12-7(9)13/h5H2,1-3H3,(H3,9,12,13)/b11-6+. The first-order chi connectivity index (χ1) is 5.88. The van der Waals surface area contributed by atoms with Gasteiger partial charge in [-0.05, 0) is 0 Å². The molecule has 3 N–H and O–H groups in total. The van der Waals surface area contributed by atoms with Gasteiger partial charge in [0.1, 0.15) is 5.71 Å². The molecule has 0 atom stereocenters. The van der Waals surface area contributed by atoms with Crippen LogP contribution in [0.4, 0.5) is 4.79 Å². The first kappa shape index (κ1) is 11.4. The van der Waals surface area contributed by atoms with Crippen LogP contribution in [-0.2, 0) is 0 Å². The van der Waals surface area contributed by atoms with Crippen LogP contribution in [0.3, 0.4) is 0 Å². The van der Waals surface area contributed by atoms with Gasteiger partial charge in [0.05, 0.1) is 0 Å². The molecule has 0 saturated heterocycles. The van der Waals surface area contributed by atoms with Crippen molar-refractivity contribution in [3.05, 3.63) is 11.4 Å². The third kappa shape index (κ3) is 4.80. The molecule has 0 aromatic carbocycles. The van der Waals surface area contributed by atoms with Crippen molar-refractivity contribution in [2.75, 3.05) is 6.54 Å². The Kier molecular flexibility index (Phi) is 3.92. The average molecular weight is 182 g/mol. The van der Waals surface area contributed by atoms with Crippen molar-refractivity contribution in [3.63, 3.8) is 0 Å². The van der Waals surface area contributed by atoms with Gasteiger partial charge in [0.15, 0.2) is 0 Å². The third-order valence-corrected chi connectivity index (χ3v) is 1.40. The number of carbonyl (C=O) groups is 1. The molecule has 13 heavy (non-hydrogen) atoms. The van der Waals surface area contributed by atoms with Crippen molar-refractivity contribution < 1.29 is 4.79 Å². The van der Waals surface area contributed by atoms with Crippen LogP contribution in [0, 0.1) is 12.0 Å². The minimum absolute atomic E-state index is 0.170. The molecule has 0 spiro atoms. The smallest absolute Gasteiger partial charge is 0.332 e. The highest BCUT2D eigenvalue weighted by Crippen LogP contribution is 2.15. The Morgan fingerprint density at radius 1 is 1.62 bits per heavy atom. The third-order valence-electron chi connectivity index (χ3n) is 1.40. The first-order valence-corrected chi connectivity index (χ1v) is 3.83. The van der Waals surface area contributed by atoms with Gasteiger partial charge in [-0.25, -0.2) is 16.8 Å². The zero-order chi connectivity index (χ0) is 10.5. The maximum absolute atomic E-state index is 10.4. The van der Waals surface area contributed by atoms with Gasteiger partial charge < -0.3 is 10.6 Å². The Bertz CT molecular complexity index is 256. The van der Waals surface area contributed by atoms with Crippen molar-refractivity contribution in [2.24, 2.45) is 16.3 Å². The van der Waals surface area contributed by atoms with Crippen LogP contribution in [0.2, 0.25) is 0 Å². The van der Waals surface area contributed by atoms with Crippen LogP contribution in [-0.4, -0.2) is 18.3 Å². The predicted molar refractivity (Wildman–Crippen MR) is 51.1 cm³/mol. The van der Waals surface area contributed by atoms with E-state index in [2.05, 4.69) is 15.4 Å². The number of rotatable bonds is 2. The fourth-order valence-electron chi connectivity index (χ4n) is 0.638. The Morgan fingerprint density at radius 3 is 2.46 bits per heavy atom. The zero-order valence-electron chi connectivity index (χ0n) is 8.09. The highest BCUT2D eigenvalue weighted by atomic mass is 16.2. The fourth-order valence-corrected chi connectivity index (χ4v) is 0.638. The minimum atomic E-state index is -0.716. The van der Waals surface area contributed by atoms with Crippen LogP contribution in [0.5, 0.6) is 0 Å². The summed E-state index contributed by atoms with van der Waals surface area (Å²) in [5, 5.41) is 3.76. The van der Waals surface area contributed by atoms with Crippen molar-refractivity contribution in [1.29, 1.82) is 0 Å². The Hall–Kier alpha value is -1.57. The van der Waals surface area contributed by atoms with E-state index in [4.69, 9.17) is 12.3 Å². The van der Waals surface area contributed by atoms with E-state index in [1.54, 1.807) is 0 Å². The summed E-state index contributed by atoms with van der Waals surface area (Å²) in [5.74, 6) is 0. The Balaban J connectivity index is 4.53. The van der Waals surface area contributed by atoms with E-state index < -0.39 is 6.03 Å². The minimum Gasteiger partial charge on any atom is -0.350 e. The van der Waals surface area contributed by atoms with E-state index in [0.717, 1.165) is 0 Å². The molecule has 5 nitrogen and oxygen atoms in total. The van der Waals surface area contributed by atoms with E-state index in [-0.39, 0.29) is 12.0 Å². The molecule has 0 saturated carbocycles. The quantitative estimate of drug-likeness (QED) is 0.373. The molecule has 0 rings (SSSR count). The van der Waals surface area contributed by atoms with Crippen LogP contribution in [0.15, 0.2) is 5.10 Å². The lowest BCUT2D eigenvalue weighted by atomic mass is 9.90. The van der Waals surface area contributed by atoms with Gasteiger partial charge in [0, 0.05) is 5.41 Å². The molecule has 72 valence electrons. The van der Waals surface area contributed by atoms with Crippen LogP contribution < -0.4 is 11.2 Å². The molecular formula is C8H14N4O. The highest BCUT2D eigenvalue weighted by molar-refractivity contribution is 5.92. The molecule has 0 aliphatic heterocycles. The molecule has 0 aliphatic carbocycles. The number of hydrogen-bond donors (Lipinski definition) is 2. The Morgan fingerprint density at radius 2 is 2.15 bits per heavy atom. The normalized spacial score (nSPS) is 12.0. The fraction of sp³-hybridized carbons (Fsp3) is 0.625. The van der Waals surface area contributed by atoms with E-state index in [1.807, 2.05) is 20.8 Å². The van der Waals surface area contributed by atoms with E-state index >= 15 is 0 Å². The lowest BCUT2D eigenvalue weighted by molar-refractivity contribution is 0.249. The number of hydrazone groups is 1. The summed E-state index contributed by atoms with van der Waals surface area (Å²) in [6.07, 6.45) is 0.